The maximum absolute atomic E-state index is 13.0. The number of nitrogens with zero attached hydrogens (tertiary/aromatic N) is 2. The van der Waals surface area contributed by atoms with Crippen LogP contribution in [-0.4, -0.2) is 46.7 Å². The molecule has 68 heavy (non-hydrogen) atoms. The van der Waals surface area contributed by atoms with E-state index in [9.17, 15) is 19.8 Å². The fraction of sp³-hybridized carbons (Fsp3) is 0.414. The average Bonchev–Trinajstić information content (AvgIpc) is 3.88. The summed E-state index contributed by atoms with van der Waals surface area (Å²) in [7, 11) is 0. The second-order valence-corrected chi connectivity index (χ2v) is 20.3. The van der Waals surface area contributed by atoms with Gasteiger partial charge in [0, 0.05) is 22.3 Å². The Morgan fingerprint density at radius 3 is 1.40 bits per heavy atom. The highest BCUT2D eigenvalue weighted by atomic mass is 16.5. The Hall–Kier alpha value is -6.42. The second kappa shape index (κ2) is 18.6. The summed E-state index contributed by atoms with van der Waals surface area (Å²) in [6, 6.07) is 27.4. The largest absolute Gasteiger partial charge is 0.508 e. The number of hydrogen-bond acceptors (Lipinski definition) is 8. The number of phenolic OH excluding ortho intramolecular Hbond substituents is 2. The van der Waals surface area contributed by atoms with E-state index in [0.29, 0.717) is 46.7 Å². The monoisotopic (exact) mass is 912 g/mol. The van der Waals surface area contributed by atoms with Gasteiger partial charge in [0.1, 0.15) is 23.0 Å². The smallest absolute Gasteiger partial charge is 0.277 e. The zero-order chi connectivity index (χ0) is 47.2. The molecule has 6 aliphatic rings. The van der Waals surface area contributed by atoms with Crippen molar-refractivity contribution in [2.24, 2.45) is 44.7 Å². The number of ether oxygens (including phenoxy) is 2. The van der Waals surface area contributed by atoms with Gasteiger partial charge in [-0.2, -0.15) is 10.2 Å². The van der Waals surface area contributed by atoms with E-state index in [1.165, 1.54) is 44.5 Å². The van der Waals surface area contributed by atoms with Crippen molar-refractivity contribution < 1.29 is 29.3 Å². The van der Waals surface area contributed by atoms with E-state index >= 15 is 0 Å². The average molecular weight is 913 g/mol. The highest BCUT2D eigenvalue weighted by molar-refractivity contribution is 5.96. The minimum Gasteiger partial charge on any atom is -0.508 e. The van der Waals surface area contributed by atoms with Gasteiger partial charge in [-0.05, 0) is 205 Å². The lowest BCUT2D eigenvalue weighted by Crippen LogP contribution is -2.39. The van der Waals surface area contributed by atoms with E-state index in [-0.39, 0.29) is 35.9 Å². The van der Waals surface area contributed by atoms with Crippen LogP contribution in [0.5, 0.6) is 23.0 Å². The fourth-order valence-electron chi connectivity index (χ4n) is 13.2. The molecule has 0 aromatic heterocycles. The minimum absolute atomic E-state index is 0.0890. The van der Waals surface area contributed by atoms with E-state index in [4.69, 9.17) is 19.7 Å². The maximum Gasteiger partial charge on any atom is 0.277 e. The molecule has 0 radical (unpaired) electrons. The van der Waals surface area contributed by atoms with Crippen LogP contribution in [0.1, 0.15) is 125 Å². The van der Waals surface area contributed by atoms with Gasteiger partial charge in [0.25, 0.3) is 11.8 Å². The molecule has 2 fully saturated rings. The molecular weight excluding hydrogens is 849 g/mol. The molecule has 0 heterocycles. The van der Waals surface area contributed by atoms with Crippen LogP contribution in [-0.2, 0) is 22.4 Å². The third-order valence-corrected chi connectivity index (χ3v) is 16.7. The summed E-state index contributed by atoms with van der Waals surface area (Å²) in [4.78, 5) is 26.0. The first-order valence-corrected chi connectivity index (χ1v) is 24.9. The molecular formula is C58H64N4O6. The predicted molar refractivity (Wildman–Crippen MR) is 269 cm³/mol. The van der Waals surface area contributed by atoms with Crippen molar-refractivity contribution in [3.05, 3.63) is 130 Å². The van der Waals surface area contributed by atoms with Crippen LogP contribution < -0.4 is 20.3 Å². The first-order chi connectivity index (χ1) is 32.9. The Labute approximate surface area is 400 Å². The summed E-state index contributed by atoms with van der Waals surface area (Å²) >= 11 is 0. The van der Waals surface area contributed by atoms with Gasteiger partial charge in [-0.3, -0.25) is 9.59 Å². The molecule has 6 aliphatic carbocycles. The molecule has 6 atom stereocenters. The van der Waals surface area contributed by atoms with Crippen molar-refractivity contribution in [1.82, 2.24) is 10.9 Å². The summed E-state index contributed by atoms with van der Waals surface area (Å²) in [6.45, 7) is 8.67. The van der Waals surface area contributed by atoms with Crippen LogP contribution in [0.4, 0.5) is 0 Å². The molecule has 352 valence electrons. The van der Waals surface area contributed by atoms with Crippen LogP contribution in [0.2, 0.25) is 0 Å². The molecule has 10 nitrogen and oxygen atoms in total. The zero-order valence-electron chi connectivity index (χ0n) is 39.9. The van der Waals surface area contributed by atoms with Gasteiger partial charge in [-0.15, -0.1) is 0 Å². The molecule has 4 aromatic rings. The first-order valence-electron chi connectivity index (χ1n) is 24.9. The summed E-state index contributed by atoms with van der Waals surface area (Å²) in [6.07, 6.45) is 16.1. The fourth-order valence-corrected chi connectivity index (χ4v) is 13.2. The van der Waals surface area contributed by atoms with Crippen LogP contribution in [0.15, 0.2) is 107 Å². The van der Waals surface area contributed by atoms with Crippen LogP contribution in [0, 0.1) is 34.5 Å². The van der Waals surface area contributed by atoms with E-state index < -0.39 is 0 Å². The van der Waals surface area contributed by atoms with Crippen LogP contribution >= 0.6 is 0 Å². The number of carbonyl (C=O) groups is 2. The van der Waals surface area contributed by atoms with Gasteiger partial charge < -0.3 is 19.7 Å². The lowest BCUT2D eigenvalue weighted by Gasteiger charge is -2.44. The summed E-state index contributed by atoms with van der Waals surface area (Å²) in [5, 5.41) is 29.4. The Morgan fingerprint density at radius 1 is 0.588 bits per heavy atom. The normalized spacial score (nSPS) is 27.0. The molecule has 10 rings (SSSR count). The van der Waals surface area contributed by atoms with Crippen LogP contribution in [0.3, 0.4) is 0 Å². The highest BCUT2D eigenvalue weighted by Crippen LogP contribution is 2.59. The topological polar surface area (TPSA) is 142 Å². The maximum atomic E-state index is 13.0. The standard InChI is InChI=1S/C58H64N4O6/c1-5-43(35-7-15-41(16-8-35)67-33-55(65)61-59-53-25-23-51-49-19-11-37-31-39(63)13-21-45(37)47(49)27-29-57(51,53)3)44(6-2)36-9-17-42(18-10-36)68-34-56(66)62-60-54-26-24-52-50-20-12-38-32-40(64)14-22-46(38)48(50)28-30-58(52,54)4/h7-10,13-18,21-22,27-28,31-32,49-52,63-64H,5-6,11-12,19-20,23-26,29-30,33-34H2,1-4H3,(H,61,65)(H,62,66)/b44-43?,59-53-,60-54+. The van der Waals surface area contributed by atoms with Crippen molar-refractivity contribution in [2.75, 3.05) is 13.2 Å². The molecule has 0 saturated heterocycles. The number of aromatic hydroxyl groups is 2. The number of hydrazone groups is 2. The number of fused-ring (bicyclic) bond motifs is 10. The van der Waals surface area contributed by atoms with Gasteiger partial charge in [0.05, 0.1) is 0 Å². The molecule has 0 bridgehead atoms. The number of phenols is 2. The van der Waals surface area contributed by atoms with Crippen molar-refractivity contribution in [2.45, 2.75) is 105 Å². The number of aryl methyl sites for hydroxylation is 2. The lowest BCUT2D eigenvalue weighted by atomic mass is 9.60. The number of hydrogen-bond donors (Lipinski definition) is 4. The summed E-state index contributed by atoms with van der Waals surface area (Å²) in [5.74, 6) is 3.22. The van der Waals surface area contributed by atoms with E-state index in [1.54, 1.807) is 12.1 Å². The van der Waals surface area contributed by atoms with E-state index in [2.05, 4.69) is 87.1 Å². The molecule has 10 heteroatoms. The minimum atomic E-state index is -0.278. The first kappa shape index (κ1) is 45.4. The van der Waals surface area contributed by atoms with Gasteiger partial charge in [0.2, 0.25) is 0 Å². The Morgan fingerprint density at radius 2 is 1.00 bits per heavy atom. The van der Waals surface area contributed by atoms with Crippen molar-refractivity contribution in [3.63, 3.8) is 0 Å². The highest BCUT2D eigenvalue weighted by Gasteiger charge is 2.52. The lowest BCUT2D eigenvalue weighted by molar-refractivity contribution is -0.123. The third kappa shape index (κ3) is 8.45. The quantitative estimate of drug-likeness (QED) is 0.0824. The molecule has 2 amide bonds. The zero-order valence-corrected chi connectivity index (χ0v) is 39.9. The summed E-state index contributed by atoms with van der Waals surface area (Å²) in [5.41, 5.74) is 20.1. The number of amides is 2. The van der Waals surface area contributed by atoms with Crippen molar-refractivity contribution >= 4 is 45.5 Å². The molecule has 6 unspecified atom stereocenters. The Kier molecular flexibility index (Phi) is 12.4. The Balaban J connectivity index is 0.712. The molecule has 4 N–H and O–H groups in total. The second-order valence-electron chi connectivity index (χ2n) is 20.3. The van der Waals surface area contributed by atoms with E-state index in [0.717, 1.165) is 99.6 Å². The molecule has 0 spiro atoms. The SMILES string of the molecule is CCC(=C(CC)c1ccc(OCC(=O)N/N=C2\CCC3C4CCc5cc(O)ccc5C4=CCC23C)cc1)c1ccc(OCC(=O)N/N=C2/CCC3C4CCc5cc(O)ccc5C4=CCC23C)cc1. The number of allylic oxidation sites excluding steroid dienone is 6. The number of benzene rings is 4. The Bertz CT molecular complexity index is 2600. The van der Waals surface area contributed by atoms with Gasteiger partial charge in [-0.25, -0.2) is 10.9 Å². The number of carbonyl (C=O) groups excluding carboxylic acids is 2. The third-order valence-electron chi connectivity index (χ3n) is 16.7. The van der Waals surface area contributed by atoms with Crippen molar-refractivity contribution in [3.8, 4) is 23.0 Å². The van der Waals surface area contributed by atoms with Gasteiger partial charge in [0.15, 0.2) is 13.2 Å². The molecule has 4 aromatic carbocycles. The predicted octanol–water partition coefficient (Wildman–Crippen LogP) is 11.5. The number of nitrogens with one attached hydrogen (secondary N) is 2. The molecule has 0 aliphatic heterocycles. The molecule has 2 saturated carbocycles. The van der Waals surface area contributed by atoms with Crippen LogP contribution in [0.25, 0.3) is 22.3 Å². The summed E-state index contributed by atoms with van der Waals surface area (Å²) < 4.78 is 11.9. The number of rotatable bonds is 12. The van der Waals surface area contributed by atoms with E-state index in [1.807, 2.05) is 36.4 Å². The van der Waals surface area contributed by atoms with Gasteiger partial charge >= 0.3 is 0 Å². The van der Waals surface area contributed by atoms with Crippen molar-refractivity contribution in [1.29, 1.82) is 0 Å². The van der Waals surface area contributed by atoms with Gasteiger partial charge in [-0.1, -0.05) is 76.2 Å².